The lowest BCUT2D eigenvalue weighted by atomic mass is 9.98. The Bertz CT molecular complexity index is 547. The van der Waals surface area contributed by atoms with Crippen LogP contribution in [0.2, 0.25) is 0 Å². The first-order valence-corrected chi connectivity index (χ1v) is 7.66. The molecule has 120 valence electrons. The van der Waals surface area contributed by atoms with Crippen LogP contribution in [0.3, 0.4) is 0 Å². The van der Waals surface area contributed by atoms with Gasteiger partial charge in [-0.1, -0.05) is 0 Å². The fourth-order valence-electron chi connectivity index (χ4n) is 2.95. The van der Waals surface area contributed by atoms with Crippen LogP contribution in [0.4, 0.5) is 0 Å². The SMILES string of the molecule is O=C(N[C@H]1CCO[C@H](CO)[C@H]1O)c1ccc2c(c1)CCCO2. The number of rotatable bonds is 3. The summed E-state index contributed by atoms with van der Waals surface area (Å²) in [5.41, 5.74) is 1.60. The van der Waals surface area contributed by atoms with Gasteiger partial charge in [0.2, 0.25) is 0 Å². The maximum absolute atomic E-state index is 12.4. The van der Waals surface area contributed by atoms with Gasteiger partial charge in [-0.3, -0.25) is 4.79 Å². The van der Waals surface area contributed by atoms with Crippen LogP contribution >= 0.6 is 0 Å². The average molecular weight is 307 g/mol. The van der Waals surface area contributed by atoms with E-state index in [4.69, 9.17) is 14.6 Å². The molecule has 1 aromatic rings. The van der Waals surface area contributed by atoms with Gasteiger partial charge in [-0.05, 0) is 43.0 Å². The number of ether oxygens (including phenoxy) is 2. The third-order valence-corrected chi connectivity index (χ3v) is 4.22. The Balaban J connectivity index is 1.69. The summed E-state index contributed by atoms with van der Waals surface area (Å²) in [6.45, 7) is 0.865. The Morgan fingerprint density at radius 3 is 3.05 bits per heavy atom. The van der Waals surface area contributed by atoms with Crippen LogP contribution in [0.15, 0.2) is 18.2 Å². The van der Waals surface area contributed by atoms with Gasteiger partial charge in [0, 0.05) is 12.2 Å². The fourth-order valence-corrected chi connectivity index (χ4v) is 2.95. The number of aliphatic hydroxyl groups excluding tert-OH is 2. The topological polar surface area (TPSA) is 88.0 Å². The van der Waals surface area contributed by atoms with Crippen LogP contribution in [-0.4, -0.2) is 54.2 Å². The predicted molar refractivity (Wildman–Crippen MR) is 79.0 cm³/mol. The van der Waals surface area contributed by atoms with E-state index >= 15 is 0 Å². The van der Waals surface area contributed by atoms with Crippen LogP contribution in [-0.2, 0) is 11.2 Å². The molecule has 2 aliphatic rings. The number of hydrogen-bond donors (Lipinski definition) is 3. The number of fused-ring (bicyclic) bond motifs is 1. The second kappa shape index (κ2) is 6.64. The minimum absolute atomic E-state index is 0.226. The van der Waals surface area contributed by atoms with Crippen LogP contribution in [0, 0.1) is 0 Å². The molecule has 0 radical (unpaired) electrons. The summed E-state index contributed by atoms with van der Waals surface area (Å²) in [6.07, 6.45) is 0.842. The Labute approximate surface area is 129 Å². The molecule has 6 nitrogen and oxygen atoms in total. The zero-order valence-corrected chi connectivity index (χ0v) is 12.3. The normalized spacial score (nSPS) is 27.6. The van der Waals surface area contributed by atoms with Crippen molar-refractivity contribution in [3.63, 3.8) is 0 Å². The van der Waals surface area contributed by atoms with Crippen molar-refractivity contribution in [1.82, 2.24) is 5.32 Å². The lowest BCUT2D eigenvalue weighted by Gasteiger charge is -2.34. The quantitative estimate of drug-likeness (QED) is 0.745. The van der Waals surface area contributed by atoms with E-state index in [0.29, 0.717) is 18.6 Å². The van der Waals surface area contributed by atoms with E-state index in [1.807, 2.05) is 12.1 Å². The summed E-state index contributed by atoms with van der Waals surface area (Å²) in [4.78, 5) is 12.4. The van der Waals surface area contributed by atoms with E-state index in [1.165, 1.54) is 0 Å². The number of benzene rings is 1. The summed E-state index contributed by atoms with van der Waals surface area (Å²) in [5, 5.41) is 22.1. The van der Waals surface area contributed by atoms with E-state index in [2.05, 4.69) is 5.32 Å². The molecule has 6 heteroatoms. The van der Waals surface area contributed by atoms with Gasteiger partial charge in [0.1, 0.15) is 18.0 Å². The van der Waals surface area contributed by atoms with Crippen molar-refractivity contribution in [2.75, 3.05) is 19.8 Å². The summed E-state index contributed by atoms with van der Waals surface area (Å²) in [5.74, 6) is 0.616. The lowest BCUT2D eigenvalue weighted by Crippen LogP contribution is -2.54. The molecule has 1 aromatic carbocycles. The number of nitrogens with one attached hydrogen (secondary N) is 1. The second-order valence-corrected chi connectivity index (χ2v) is 5.73. The molecule has 1 saturated heterocycles. The third-order valence-electron chi connectivity index (χ3n) is 4.22. The Hall–Kier alpha value is -1.63. The molecule has 0 bridgehead atoms. The van der Waals surface area contributed by atoms with Gasteiger partial charge >= 0.3 is 0 Å². The number of aliphatic hydroxyl groups is 2. The van der Waals surface area contributed by atoms with Crippen LogP contribution in [0.25, 0.3) is 0 Å². The first-order valence-electron chi connectivity index (χ1n) is 7.66. The van der Waals surface area contributed by atoms with Crippen LogP contribution in [0.1, 0.15) is 28.8 Å². The van der Waals surface area contributed by atoms with E-state index < -0.39 is 18.2 Å². The molecule has 2 aliphatic heterocycles. The highest BCUT2D eigenvalue weighted by atomic mass is 16.5. The molecule has 2 heterocycles. The highest BCUT2D eigenvalue weighted by molar-refractivity contribution is 5.94. The van der Waals surface area contributed by atoms with Gasteiger partial charge in [0.25, 0.3) is 5.91 Å². The van der Waals surface area contributed by atoms with Crippen molar-refractivity contribution < 1.29 is 24.5 Å². The Kier molecular flexibility index (Phi) is 4.61. The van der Waals surface area contributed by atoms with Crippen molar-refractivity contribution in [2.45, 2.75) is 37.5 Å². The van der Waals surface area contributed by atoms with E-state index in [0.717, 1.165) is 30.8 Å². The van der Waals surface area contributed by atoms with Gasteiger partial charge in [-0.25, -0.2) is 0 Å². The van der Waals surface area contributed by atoms with Crippen molar-refractivity contribution in [1.29, 1.82) is 0 Å². The van der Waals surface area contributed by atoms with Crippen molar-refractivity contribution in [2.24, 2.45) is 0 Å². The fraction of sp³-hybridized carbons (Fsp3) is 0.562. The van der Waals surface area contributed by atoms with Crippen LogP contribution < -0.4 is 10.1 Å². The molecule has 3 atom stereocenters. The monoisotopic (exact) mass is 307 g/mol. The molecule has 3 N–H and O–H groups in total. The molecule has 0 aliphatic carbocycles. The number of carbonyl (C=O) groups excluding carboxylic acids is 1. The zero-order valence-electron chi connectivity index (χ0n) is 12.3. The van der Waals surface area contributed by atoms with E-state index in [1.54, 1.807) is 6.07 Å². The molecule has 0 saturated carbocycles. The van der Waals surface area contributed by atoms with Crippen LogP contribution in [0.5, 0.6) is 5.75 Å². The second-order valence-electron chi connectivity index (χ2n) is 5.73. The van der Waals surface area contributed by atoms with E-state index in [9.17, 15) is 9.90 Å². The molecular formula is C16H21NO5. The highest BCUT2D eigenvalue weighted by Crippen LogP contribution is 2.25. The summed E-state index contributed by atoms with van der Waals surface area (Å²) in [7, 11) is 0. The van der Waals surface area contributed by atoms with Gasteiger partial charge in [-0.15, -0.1) is 0 Å². The number of aryl methyl sites for hydroxylation is 1. The van der Waals surface area contributed by atoms with Gasteiger partial charge in [-0.2, -0.15) is 0 Å². The summed E-state index contributed by atoms with van der Waals surface area (Å²) in [6, 6.07) is 4.99. The number of amides is 1. The van der Waals surface area contributed by atoms with Gasteiger partial charge < -0.3 is 25.0 Å². The lowest BCUT2D eigenvalue weighted by molar-refractivity contribution is -0.107. The Morgan fingerprint density at radius 2 is 2.23 bits per heavy atom. The largest absolute Gasteiger partial charge is 0.493 e. The predicted octanol–water partition coefficient (Wildman–Crippen LogP) is 0.252. The van der Waals surface area contributed by atoms with Crippen molar-refractivity contribution >= 4 is 5.91 Å². The maximum Gasteiger partial charge on any atom is 0.251 e. The first-order chi connectivity index (χ1) is 10.7. The van der Waals surface area contributed by atoms with E-state index in [-0.39, 0.29) is 12.5 Å². The minimum atomic E-state index is -0.899. The zero-order chi connectivity index (χ0) is 15.5. The smallest absolute Gasteiger partial charge is 0.251 e. The standard InChI is InChI=1S/C16H21NO5/c18-9-14-15(19)12(5-7-22-14)17-16(20)11-3-4-13-10(8-11)2-1-6-21-13/h3-4,8,12,14-15,18-19H,1-2,5-7,9H2,(H,17,20)/t12-,14+,15-/m0/s1. The maximum atomic E-state index is 12.4. The molecule has 0 aromatic heterocycles. The summed E-state index contributed by atoms with van der Waals surface area (Å²) >= 11 is 0. The third kappa shape index (κ3) is 3.09. The first kappa shape index (κ1) is 15.3. The molecule has 1 fully saturated rings. The van der Waals surface area contributed by atoms with Crippen molar-refractivity contribution in [3.05, 3.63) is 29.3 Å². The highest BCUT2D eigenvalue weighted by Gasteiger charge is 2.33. The Morgan fingerprint density at radius 1 is 1.36 bits per heavy atom. The summed E-state index contributed by atoms with van der Waals surface area (Å²) < 4.78 is 10.8. The molecule has 1 amide bonds. The molecule has 0 unspecified atom stereocenters. The molecule has 22 heavy (non-hydrogen) atoms. The van der Waals surface area contributed by atoms with Gasteiger partial charge in [0.15, 0.2) is 0 Å². The number of carbonyl (C=O) groups is 1. The minimum Gasteiger partial charge on any atom is -0.493 e. The molecule has 3 rings (SSSR count). The number of hydrogen-bond acceptors (Lipinski definition) is 5. The molecule has 0 spiro atoms. The average Bonchev–Trinajstić information content (AvgIpc) is 2.56. The molecular weight excluding hydrogens is 286 g/mol. The van der Waals surface area contributed by atoms with Crippen molar-refractivity contribution in [3.8, 4) is 5.75 Å². The van der Waals surface area contributed by atoms with Gasteiger partial charge in [0.05, 0.1) is 19.3 Å².